The fourth-order valence-electron chi connectivity index (χ4n) is 23.1. The van der Waals surface area contributed by atoms with Gasteiger partial charge in [0.25, 0.3) is 0 Å². The average Bonchev–Trinajstić information content (AvgIpc) is 0.717. The van der Waals surface area contributed by atoms with Gasteiger partial charge in [0.1, 0.15) is 0 Å². The standard InChI is InChI=1S/C52H34.C48H32.C46H30/c1-4-15-35(16-5-1)39-30-32-48-49(33-39)51(45-27-12-22-38-21-10-11-23-42(38)45)47-31-29-40(36-17-6-2-7-18-36)34-50(47)52(48)46-28-14-25-43-41(24-13-26-44(43)46)37-19-8-3-9-20-37;1-5-15-33(16-6-1)37-27-29-43-45(31-37)48(42-26-14-24-40-39(23-13-25-41(40)42)35-19-9-3-10-20-35)46-32-38(34-17-7-2-8-18-34)28-30-44(46)47(43)36-21-11-4-12-22-36;1-3-14-31(15-4-1)34-28-29-43-44(30-34)46(40-27-13-24-37-35(23-12-25-38(37)40)32-16-5-2-6-17-32)42-22-10-9-21-41(42)45(43)39-26-11-19-33-18-7-8-20-36(33)39/h1-34H;1-32H;1-30H. The van der Waals surface area contributed by atoms with Crippen molar-refractivity contribution in [2.75, 3.05) is 0 Å². The van der Waals surface area contributed by atoms with E-state index in [1.54, 1.807) is 0 Å². The van der Waals surface area contributed by atoms with Crippen molar-refractivity contribution in [2.24, 2.45) is 0 Å². The first-order valence-corrected chi connectivity index (χ1v) is 50.6. The van der Waals surface area contributed by atoms with Crippen molar-refractivity contribution in [3.8, 4) is 156 Å². The molecular weight excluding hydrogens is 1750 g/mol. The van der Waals surface area contributed by atoms with Crippen LogP contribution in [-0.4, -0.2) is 0 Å². The lowest BCUT2D eigenvalue weighted by atomic mass is 9.81. The Kier molecular flexibility index (Phi) is 22.8. The van der Waals surface area contributed by atoms with Gasteiger partial charge in [0, 0.05) is 0 Å². The zero-order valence-electron chi connectivity index (χ0n) is 80.4. The first-order valence-electron chi connectivity index (χ1n) is 50.6. The largest absolute Gasteiger partial charge is 0.0622 e. The SMILES string of the molecule is c1ccc(-c2ccc3c(-c4cccc5c(-c6ccccc6)cccc45)c4cc(-c5ccccc5)ccc4c(-c4cccc5ccccc45)c3c2)cc1.c1ccc(-c2ccc3c(-c4cccc5ccccc45)c4ccccc4c(-c4cccc5c(-c6ccccc6)cccc45)c3c2)cc1.c1ccc(-c2ccc3c(-c4ccccc4)c4ccc(-c5ccccc5)cc4c(-c4cccc5c(-c6ccccc6)cccc45)c3c2)cc1. The third kappa shape index (κ3) is 16.0. The van der Waals surface area contributed by atoms with Crippen molar-refractivity contribution in [3.05, 3.63) is 582 Å². The molecule has 0 amide bonds. The molecule has 0 aromatic heterocycles. The van der Waals surface area contributed by atoms with Gasteiger partial charge in [0.15, 0.2) is 0 Å². The summed E-state index contributed by atoms with van der Waals surface area (Å²) < 4.78 is 0. The Morgan fingerprint density at radius 2 is 0.226 bits per heavy atom. The zero-order chi connectivity index (χ0) is 96.7. The summed E-state index contributed by atoms with van der Waals surface area (Å²) in [7, 11) is 0. The molecule has 0 radical (unpaired) electrons. The Bertz CT molecular complexity index is 9740. The number of rotatable bonds is 14. The van der Waals surface area contributed by atoms with Crippen LogP contribution in [0.3, 0.4) is 0 Å². The summed E-state index contributed by atoms with van der Waals surface area (Å²) in [6.07, 6.45) is 0. The summed E-state index contributed by atoms with van der Waals surface area (Å²) >= 11 is 0. The third-order valence-electron chi connectivity index (χ3n) is 29.8. The van der Waals surface area contributed by atoms with Gasteiger partial charge in [-0.05, 0) is 305 Å². The van der Waals surface area contributed by atoms with Crippen LogP contribution in [0.5, 0.6) is 0 Å². The van der Waals surface area contributed by atoms with Gasteiger partial charge in [0.2, 0.25) is 0 Å². The van der Waals surface area contributed by atoms with Crippen molar-refractivity contribution in [2.45, 2.75) is 0 Å². The number of benzene rings is 28. The van der Waals surface area contributed by atoms with Gasteiger partial charge in [-0.15, -0.1) is 0 Å². The first kappa shape index (κ1) is 87.3. The van der Waals surface area contributed by atoms with Crippen LogP contribution in [-0.2, 0) is 0 Å². The van der Waals surface area contributed by atoms with Crippen molar-refractivity contribution in [1.82, 2.24) is 0 Å². The summed E-state index contributed by atoms with van der Waals surface area (Å²) in [6.45, 7) is 0. The fourth-order valence-corrected chi connectivity index (χ4v) is 23.1. The minimum absolute atomic E-state index is 1.21. The minimum Gasteiger partial charge on any atom is -0.0622 e. The molecule has 680 valence electrons. The van der Waals surface area contributed by atoms with E-state index in [1.807, 2.05) is 0 Å². The zero-order valence-corrected chi connectivity index (χ0v) is 80.4. The van der Waals surface area contributed by atoms with E-state index in [4.69, 9.17) is 0 Å². The van der Waals surface area contributed by atoms with Crippen LogP contribution in [0.1, 0.15) is 0 Å². The molecule has 0 aliphatic heterocycles. The van der Waals surface area contributed by atoms with Gasteiger partial charge < -0.3 is 0 Å². The van der Waals surface area contributed by atoms with E-state index in [-0.39, 0.29) is 0 Å². The molecule has 0 saturated carbocycles. The van der Waals surface area contributed by atoms with Gasteiger partial charge in [0.05, 0.1) is 0 Å². The molecule has 0 spiro atoms. The topological polar surface area (TPSA) is 0 Å². The highest BCUT2D eigenvalue weighted by Gasteiger charge is 2.27. The fraction of sp³-hybridized carbons (Fsp3) is 0. The Labute approximate surface area is 850 Å². The maximum atomic E-state index is 2.43. The summed E-state index contributed by atoms with van der Waals surface area (Å²) in [5, 5.41) is 27.7. The minimum atomic E-state index is 1.21. The number of hydrogen-bond acceptors (Lipinski definition) is 0. The second kappa shape index (κ2) is 38.2. The van der Waals surface area contributed by atoms with Gasteiger partial charge in [-0.1, -0.05) is 552 Å². The lowest BCUT2D eigenvalue weighted by molar-refractivity contribution is 1.62. The van der Waals surface area contributed by atoms with Crippen LogP contribution < -0.4 is 0 Å². The third-order valence-corrected chi connectivity index (χ3v) is 29.8. The normalized spacial score (nSPS) is 11.4. The van der Waals surface area contributed by atoms with Gasteiger partial charge in [-0.3, -0.25) is 0 Å². The summed E-state index contributed by atoms with van der Waals surface area (Å²) in [5.41, 5.74) is 34.7. The average molecular weight is 1850 g/mol. The van der Waals surface area contributed by atoms with Gasteiger partial charge in [-0.2, -0.15) is 0 Å². The van der Waals surface area contributed by atoms with Crippen LogP contribution >= 0.6 is 0 Å². The molecule has 0 aliphatic rings. The van der Waals surface area contributed by atoms with E-state index in [9.17, 15) is 0 Å². The van der Waals surface area contributed by atoms with E-state index in [0.29, 0.717) is 0 Å². The highest BCUT2D eigenvalue weighted by Crippen LogP contribution is 2.54. The molecule has 0 aliphatic carbocycles. The highest BCUT2D eigenvalue weighted by molar-refractivity contribution is 6.30. The molecule has 0 nitrogen and oxygen atoms in total. The molecule has 0 heterocycles. The summed E-state index contributed by atoms with van der Waals surface area (Å²) in [4.78, 5) is 0. The molecule has 0 atom stereocenters. The molecule has 28 aromatic rings. The Morgan fingerprint density at radius 3 is 0.486 bits per heavy atom. The Morgan fingerprint density at radius 1 is 0.0685 bits per heavy atom. The molecule has 0 N–H and O–H groups in total. The second-order valence-electron chi connectivity index (χ2n) is 38.1. The molecular formula is C146H96. The van der Waals surface area contributed by atoms with Crippen LogP contribution in [0.15, 0.2) is 582 Å². The van der Waals surface area contributed by atoms with Gasteiger partial charge >= 0.3 is 0 Å². The van der Waals surface area contributed by atoms with Crippen molar-refractivity contribution in [1.29, 1.82) is 0 Å². The van der Waals surface area contributed by atoms with Crippen LogP contribution in [0, 0.1) is 0 Å². The van der Waals surface area contributed by atoms with E-state index in [2.05, 4.69) is 582 Å². The van der Waals surface area contributed by atoms with Crippen LogP contribution in [0.2, 0.25) is 0 Å². The second-order valence-corrected chi connectivity index (χ2v) is 38.1. The Balaban J connectivity index is 0.000000111. The van der Waals surface area contributed by atoms with Crippen LogP contribution in [0.25, 0.3) is 274 Å². The van der Waals surface area contributed by atoms with Gasteiger partial charge in [-0.25, -0.2) is 0 Å². The summed E-state index contributed by atoms with van der Waals surface area (Å²) in [6, 6.07) is 213. The van der Waals surface area contributed by atoms with Crippen molar-refractivity contribution < 1.29 is 0 Å². The number of hydrogen-bond donors (Lipinski definition) is 0. The lowest BCUT2D eigenvalue weighted by Crippen LogP contribution is -1.94. The lowest BCUT2D eigenvalue weighted by Gasteiger charge is -2.21. The molecule has 0 fully saturated rings. The predicted octanol–water partition coefficient (Wildman–Crippen LogP) is 41.1. The first-order chi connectivity index (χ1) is 72.5. The maximum Gasteiger partial charge on any atom is -0.00197 e. The molecule has 28 aromatic carbocycles. The molecule has 0 saturated heterocycles. The molecule has 146 heavy (non-hydrogen) atoms. The van der Waals surface area contributed by atoms with E-state index < -0.39 is 0 Å². The maximum absolute atomic E-state index is 2.43. The molecule has 0 heteroatoms. The molecule has 0 bridgehead atoms. The summed E-state index contributed by atoms with van der Waals surface area (Å²) in [5.74, 6) is 0. The molecule has 28 rings (SSSR count). The predicted molar refractivity (Wildman–Crippen MR) is 628 cm³/mol. The van der Waals surface area contributed by atoms with E-state index in [1.165, 1.54) is 274 Å². The highest BCUT2D eigenvalue weighted by atomic mass is 14.3. The Hall–Kier alpha value is -19.0. The van der Waals surface area contributed by atoms with Crippen molar-refractivity contribution >= 4 is 118 Å². The monoisotopic (exact) mass is 1850 g/mol. The van der Waals surface area contributed by atoms with E-state index in [0.717, 1.165) is 0 Å². The number of fused-ring (bicyclic) bond motifs is 11. The van der Waals surface area contributed by atoms with Crippen molar-refractivity contribution in [3.63, 3.8) is 0 Å². The van der Waals surface area contributed by atoms with Crippen LogP contribution in [0.4, 0.5) is 0 Å². The van der Waals surface area contributed by atoms with E-state index >= 15 is 0 Å². The smallest absolute Gasteiger partial charge is 0.00197 e. The molecule has 0 unspecified atom stereocenters. The quantitative estimate of drug-likeness (QED) is 0.0952.